The molecule has 1 aliphatic carbocycles. The number of hydrogen-bond acceptors (Lipinski definition) is 4. The molecule has 2 N–H and O–H groups in total. The van der Waals surface area contributed by atoms with Gasteiger partial charge in [0.05, 0.1) is 6.54 Å². The number of amides is 4. The van der Waals surface area contributed by atoms with E-state index in [1.165, 1.54) is 4.90 Å². The van der Waals surface area contributed by atoms with Crippen molar-refractivity contribution in [2.75, 3.05) is 18.5 Å². The van der Waals surface area contributed by atoms with Gasteiger partial charge in [-0.15, -0.1) is 0 Å². The summed E-state index contributed by atoms with van der Waals surface area (Å²) in [5, 5.41) is 6.09. The number of anilines is 1. The lowest BCUT2D eigenvalue weighted by Crippen LogP contribution is -2.48. The Morgan fingerprint density at radius 2 is 1.72 bits per heavy atom. The highest BCUT2D eigenvalue weighted by molar-refractivity contribution is 5.97. The third kappa shape index (κ3) is 4.45. The van der Waals surface area contributed by atoms with Gasteiger partial charge in [0.25, 0.3) is 0 Å². The van der Waals surface area contributed by atoms with Gasteiger partial charge in [0.2, 0.25) is 11.8 Å². The lowest BCUT2D eigenvalue weighted by molar-refractivity contribution is -0.148. The molecule has 1 saturated carbocycles. The molecule has 1 spiro atoms. The molecule has 1 aromatic carbocycles. The van der Waals surface area contributed by atoms with Crippen LogP contribution in [0.5, 0.6) is 0 Å². The number of benzene rings is 1. The fourth-order valence-electron chi connectivity index (χ4n) is 4.92. The lowest BCUT2D eigenvalue weighted by atomic mass is 9.75. The number of carbonyl (C=O) groups is 3. The predicted molar refractivity (Wildman–Crippen MR) is 108 cm³/mol. The van der Waals surface area contributed by atoms with Crippen molar-refractivity contribution in [2.24, 2.45) is 5.41 Å². The van der Waals surface area contributed by atoms with E-state index in [-0.39, 0.29) is 35.8 Å². The minimum absolute atomic E-state index is 0.110. The van der Waals surface area contributed by atoms with Crippen LogP contribution in [0.15, 0.2) is 24.3 Å². The summed E-state index contributed by atoms with van der Waals surface area (Å²) >= 11 is 0. The van der Waals surface area contributed by atoms with Crippen LogP contribution in [0.1, 0.15) is 56.9 Å². The minimum atomic E-state index is -0.183. The number of piperidine rings is 1. The highest BCUT2D eigenvalue weighted by Crippen LogP contribution is 2.45. The van der Waals surface area contributed by atoms with E-state index >= 15 is 0 Å². The van der Waals surface area contributed by atoms with Gasteiger partial charge >= 0.3 is 6.03 Å². The quantitative estimate of drug-likeness (QED) is 0.761. The normalized spacial score (nSPS) is 24.0. The van der Waals surface area contributed by atoms with Crippen molar-refractivity contribution in [3.05, 3.63) is 29.8 Å². The summed E-state index contributed by atoms with van der Waals surface area (Å²) in [6.45, 7) is 1.85. The molecule has 7 heteroatoms. The molecule has 2 heterocycles. The Balaban J connectivity index is 1.32. The van der Waals surface area contributed by atoms with Crippen LogP contribution in [0.4, 0.5) is 10.5 Å². The third-order valence-electron chi connectivity index (χ3n) is 6.64. The van der Waals surface area contributed by atoms with Gasteiger partial charge in [-0.3, -0.25) is 14.5 Å². The van der Waals surface area contributed by atoms with Crippen molar-refractivity contribution < 1.29 is 19.1 Å². The second-order valence-electron chi connectivity index (χ2n) is 8.44. The Kier molecular flexibility index (Phi) is 5.85. The van der Waals surface area contributed by atoms with E-state index in [1.54, 1.807) is 0 Å². The van der Waals surface area contributed by atoms with Crippen molar-refractivity contribution in [1.82, 2.24) is 10.2 Å². The molecular weight excluding hydrogens is 370 g/mol. The summed E-state index contributed by atoms with van der Waals surface area (Å²) in [6.07, 6.45) is 6.85. The van der Waals surface area contributed by atoms with Crippen molar-refractivity contribution in [2.45, 2.75) is 64.0 Å². The number of rotatable bonds is 4. The maximum atomic E-state index is 12.5. The molecular formula is C22H29N3O4. The number of imide groups is 1. The summed E-state index contributed by atoms with van der Waals surface area (Å²) in [7, 11) is 0. The molecule has 156 valence electrons. The van der Waals surface area contributed by atoms with E-state index < -0.39 is 0 Å². The number of carbonyl (C=O) groups excluding carboxylic acids is 3. The third-order valence-corrected chi connectivity index (χ3v) is 6.64. The minimum Gasteiger partial charge on any atom is -0.381 e. The first-order chi connectivity index (χ1) is 14.1. The van der Waals surface area contributed by atoms with E-state index in [1.807, 2.05) is 24.3 Å². The summed E-state index contributed by atoms with van der Waals surface area (Å²) in [4.78, 5) is 37.7. The molecule has 1 atom stereocenters. The Morgan fingerprint density at radius 3 is 2.41 bits per heavy atom. The van der Waals surface area contributed by atoms with E-state index in [0.29, 0.717) is 24.9 Å². The van der Waals surface area contributed by atoms with Crippen molar-refractivity contribution in [3.8, 4) is 0 Å². The molecule has 0 bridgehead atoms. The maximum Gasteiger partial charge on any atom is 0.319 e. The molecule has 2 aliphatic heterocycles. The second kappa shape index (κ2) is 8.53. The average Bonchev–Trinajstić information content (AvgIpc) is 3.08. The number of ether oxygens (including phenoxy) is 1. The number of nitrogens with one attached hydrogen (secondary N) is 2. The van der Waals surface area contributed by atoms with Gasteiger partial charge < -0.3 is 15.4 Å². The van der Waals surface area contributed by atoms with E-state index in [4.69, 9.17) is 4.74 Å². The molecule has 1 aromatic rings. The molecule has 3 aliphatic rings. The lowest BCUT2D eigenvalue weighted by Gasteiger charge is -2.39. The topological polar surface area (TPSA) is 87.7 Å². The highest BCUT2D eigenvalue weighted by Gasteiger charge is 2.44. The summed E-state index contributed by atoms with van der Waals surface area (Å²) in [5.41, 5.74) is 1.76. The molecule has 1 unspecified atom stereocenters. The first-order valence-corrected chi connectivity index (χ1v) is 10.6. The molecule has 4 rings (SSSR count). The largest absolute Gasteiger partial charge is 0.381 e. The van der Waals surface area contributed by atoms with Crippen LogP contribution in [0, 0.1) is 5.41 Å². The van der Waals surface area contributed by atoms with E-state index in [0.717, 1.165) is 50.9 Å². The van der Waals surface area contributed by atoms with Crippen molar-refractivity contribution >= 4 is 23.5 Å². The SMILES string of the molecule is O=C(Nc1ccc(CN2C(=O)CCCC2=O)cc1)NC1CCCC12CCOCC2. The van der Waals surface area contributed by atoms with Gasteiger partial charge in [0, 0.05) is 37.8 Å². The zero-order chi connectivity index (χ0) is 20.3. The van der Waals surface area contributed by atoms with Crippen LogP contribution in [0.25, 0.3) is 0 Å². The van der Waals surface area contributed by atoms with Crippen molar-refractivity contribution in [3.63, 3.8) is 0 Å². The van der Waals surface area contributed by atoms with Crippen LogP contribution in [-0.4, -0.2) is 42.0 Å². The van der Waals surface area contributed by atoms with Crippen LogP contribution < -0.4 is 10.6 Å². The smallest absolute Gasteiger partial charge is 0.319 e. The summed E-state index contributed by atoms with van der Waals surface area (Å²) < 4.78 is 5.51. The molecule has 3 fully saturated rings. The Labute approximate surface area is 171 Å². The monoisotopic (exact) mass is 399 g/mol. The van der Waals surface area contributed by atoms with Gasteiger partial charge in [0.15, 0.2) is 0 Å². The second-order valence-corrected chi connectivity index (χ2v) is 8.44. The predicted octanol–water partition coefficient (Wildman–Crippen LogP) is 3.20. The van der Waals surface area contributed by atoms with Crippen LogP contribution in [0.2, 0.25) is 0 Å². The number of likely N-dealkylation sites (tertiary alicyclic amines) is 1. The fourth-order valence-corrected chi connectivity index (χ4v) is 4.92. The fraction of sp³-hybridized carbons (Fsp3) is 0.591. The Bertz CT molecular complexity index is 755. The summed E-state index contributed by atoms with van der Waals surface area (Å²) in [5.74, 6) is -0.220. The van der Waals surface area contributed by atoms with Gasteiger partial charge in [0.1, 0.15) is 0 Å². The van der Waals surface area contributed by atoms with E-state index in [2.05, 4.69) is 10.6 Å². The molecule has 2 saturated heterocycles. The van der Waals surface area contributed by atoms with Gasteiger partial charge in [-0.1, -0.05) is 18.6 Å². The van der Waals surface area contributed by atoms with Crippen LogP contribution in [-0.2, 0) is 20.9 Å². The molecule has 0 radical (unpaired) electrons. The standard InChI is InChI=1S/C22H29N3O4/c26-19-4-1-5-20(27)25(19)15-16-6-8-17(9-7-16)23-21(28)24-18-3-2-10-22(18)11-13-29-14-12-22/h6-9,18H,1-5,10-15H2,(H2,23,24,28). The Hall–Kier alpha value is -2.41. The number of hydrogen-bond donors (Lipinski definition) is 2. The molecule has 4 amide bonds. The molecule has 29 heavy (non-hydrogen) atoms. The Morgan fingerprint density at radius 1 is 1.03 bits per heavy atom. The number of nitrogens with zero attached hydrogens (tertiary/aromatic N) is 1. The van der Waals surface area contributed by atoms with E-state index in [9.17, 15) is 14.4 Å². The zero-order valence-corrected chi connectivity index (χ0v) is 16.7. The van der Waals surface area contributed by atoms with Gasteiger partial charge in [-0.05, 0) is 55.2 Å². The number of urea groups is 1. The van der Waals surface area contributed by atoms with Gasteiger partial charge in [-0.25, -0.2) is 4.79 Å². The van der Waals surface area contributed by atoms with Crippen LogP contribution in [0.3, 0.4) is 0 Å². The zero-order valence-electron chi connectivity index (χ0n) is 16.7. The van der Waals surface area contributed by atoms with Crippen LogP contribution >= 0.6 is 0 Å². The molecule has 7 nitrogen and oxygen atoms in total. The summed E-state index contributed by atoms with van der Waals surface area (Å²) in [6, 6.07) is 7.33. The first kappa shape index (κ1) is 19.9. The molecule has 0 aromatic heterocycles. The van der Waals surface area contributed by atoms with Gasteiger partial charge in [-0.2, -0.15) is 0 Å². The average molecular weight is 399 g/mol. The first-order valence-electron chi connectivity index (χ1n) is 10.6. The van der Waals surface area contributed by atoms with Crippen molar-refractivity contribution in [1.29, 1.82) is 0 Å². The highest BCUT2D eigenvalue weighted by atomic mass is 16.5. The maximum absolute atomic E-state index is 12.5.